The van der Waals surface area contributed by atoms with Crippen LogP contribution in [-0.4, -0.2) is 36.6 Å². The van der Waals surface area contributed by atoms with Crippen LogP contribution < -0.4 is 9.47 Å². The molecule has 1 aromatic heterocycles. The average Bonchev–Trinajstić information content (AvgIpc) is 2.73. The van der Waals surface area contributed by atoms with Gasteiger partial charge >= 0.3 is 19.7 Å². The predicted octanol–water partition coefficient (Wildman–Crippen LogP) is 5.43. The normalized spacial score (nSPS) is 12.8. The van der Waals surface area contributed by atoms with E-state index in [4.69, 9.17) is 23.3 Å². The first-order valence-electron chi connectivity index (χ1n) is 9.59. The van der Waals surface area contributed by atoms with Crippen LogP contribution in [0, 0.1) is 0 Å². The molecule has 2 rings (SSSR count). The lowest BCUT2D eigenvalue weighted by molar-refractivity contribution is -0.149. The maximum absolute atomic E-state index is 12.6. The topological polar surface area (TPSA) is 93.2 Å². The first kappa shape index (κ1) is 25.6. The van der Waals surface area contributed by atoms with Gasteiger partial charge in [-0.25, -0.2) is 9.78 Å². The Kier molecular flexibility index (Phi) is 9.06. The number of hydrogen-bond donors (Lipinski definition) is 0. The molecule has 0 amide bonds. The summed E-state index contributed by atoms with van der Waals surface area (Å²) in [6.45, 7) is 5.00. The van der Waals surface area contributed by atoms with E-state index in [1.165, 1.54) is 31.2 Å². The fraction of sp³-hybridized carbons (Fsp3) is 0.400. The summed E-state index contributed by atoms with van der Waals surface area (Å²) in [4.78, 5) is 15.7. The number of ether oxygens (including phenoxy) is 3. The standard InChI is InChI=1S/C20H23F3NO7P/c1-4-28-32(26,29-5-2)13-27-19(25)14(3)30-16-7-9-17(10-8-16)31-18-11-6-15(12-24-18)20(21,22)23/h6-12,14H,4-5,13H2,1-3H3. The van der Waals surface area contributed by atoms with E-state index >= 15 is 0 Å². The molecule has 0 aliphatic heterocycles. The van der Waals surface area contributed by atoms with E-state index < -0.39 is 37.8 Å². The molecule has 1 unspecified atom stereocenters. The summed E-state index contributed by atoms with van der Waals surface area (Å²) in [5, 5.41) is 0. The fourth-order valence-corrected chi connectivity index (χ4v) is 3.63. The molecular weight excluding hydrogens is 454 g/mol. The van der Waals surface area contributed by atoms with Crippen LogP contribution in [0.1, 0.15) is 26.3 Å². The highest BCUT2D eigenvalue weighted by Crippen LogP contribution is 2.47. The minimum Gasteiger partial charge on any atom is -0.479 e. The Morgan fingerprint density at radius 2 is 1.62 bits per heavy atom. The highest BCUT2D eigenvalue weighted by molar-refractivity contribution is 7.53. The lowest BCUT2D eigenvalue weighted by Crippen LogP contribution is -2.26. The molecule has 0 spiro atoms. The van der Waals surface area contributed by atoms with Gasteiger partial charge in [0.05, 0.1) is 18.8 Å². The number of rotatable bonds is 11. The average molecular weight is 477 g/mol. The number of carbonyl (C=O) groups excluding carboxylic acids is 1. The molecule has 176 valence electrons. The molecule has 8 nitrogen and oxygen atoms in total. The maximum Gasteiger partial charge on any atom is 0.417 e. The fourth-order valence-electron chi connectivity index (χ4n) is 2.33. The molecule has 2 aromatic rings. The van der Waals surface area contributed by atoms with Crippen molar-refractivity contribution in [1.29, 1.82) is 0 Å². The lowest BCUT2D eigenvalue weighted by atomic mass is 10.3. The van der Waals surface area contributed by atoms with Gasteiger partial charge in [-0.1, -0.05) is 0 Å². The summed E-state index contributed by atoms with van der Waals surface area (Å²) in [6, 6.07) is 7.94. The summed E-state index contributed by atoms with van der Waals surface area (Å²) < 4.78 is 76.0. The Morgan fingerprint density at radius 3 is 2.12 bits per heavy atom. The van der Waals surface area contributed by atoms with Crippen molar-refractivity contribution < 1.29 is 45.8 Å². The second kappa shape index (κ2) is 11.3. The molecular formula is C20H23F3NO7P. The summed E-state index contributed by atoms with van der Waals surface area (Å²) in [5.74, 6) is -0.176. The molecule has 0 bridgehead atoms. The number of halogens is 3. The number of alkyl halides is 3. The quantitative estimate of drug-likeness (QED) is 0.313. The van der Waals surface area contributed by atoms with E-state index in [1.807, 2.05) is 0 Å². The van der Waals surface area contributed by atoms with Gasteiger partial charge in [0, 0.05) is 12.3 Å². The molecule has 32 heavy (non-hydrogen) atoms. The number of hydrogen-bond acceptors (Lipinski definition) is 8. The van der Waals surface area contributed by atoms with E-state index in [1.54, 1.807) is 13.8 Å². The molecule has 1 aromatic carbocycles. The summed E-state index contributed by atoms with van der Waals surface area (Å²) in [7, 11) is -3.53. The molecule has 0 saturated carbocycles. The van der Waals surface area contributed by atoms with Gasteiger partial charge in [-0.2, -0.15) is 13.2 Å². The highest BCUT2D eigenvalue weighted by Gasteiger charge is 2.31. The van der Waals surface area contributed by atoms with Crippen LogP contribution in [0.4, 0.5) is 13.2 Å². The molecule has 12 heteroatoms. The molecule has 1 atom stereocenters. The highest BCUT2D eigenvalue weighted by atomic mass is 31.2. The number of aromatic nitrogens is 1. The minimum absolute atomic E-state index is 0.0170. The van der Waals surface area contributed by atoms with Gasteiger partial charge in [0.15, 0.2) is 12.5 Å². The van der Waals surface area contributed by atoms with E-state index in [9.17, 15) is 22.5 Å². The second-order valence-corrected chi connectivity index (χ2v) is 8.25. The van der Waals surface area contributed by atoms with Crippen molar-refractivity contribution in [3.8, 4) is 17.4 Å². The van der Waals surface area contributed by atoms with Crippen molar-refractivity contribution >= 4 is 13.6 Å². The molecule has 0 aliphatic rings. The van der Waals surface area contributed by atoms with E-state index in [-0.39, 0.29) is 19.1 Å². The second-order valence-electron chi connectivity index (χ2n) is 6.26. The van der Waals surface area contributed by atoms with Crippen LogP contribution in [0.2, 0.25) is 0 Å². The Labute approximate surface area is 183 Å². The first-order chi connectivity index (χ1) is 15.1. The van der Waals surface area contributed by atoms with Gasteiger partial charge in [-0.3, -0.25) is 4.57 Å². The Bertz CT molecular complexity index is 910. The van der Waals surface area contributed by atoms with Crippen molar-refractivity contribution in [2.24, 2.45) is 0 Å². The summed E-state index contributed by atoms with van der Waals surface area (Å²) >= 11 is 0. The first-order valence-corrected chi connectivity index (χ1v) is 11.3. The smallest absolute Gasteiger partial charge is 0.417 e. The van der Waals surface area contributed by atoms with Crippen molar-refractivity contribution in [2.45, 2.75) is 33.1 Å². The van der Waals surface area contributed by atoms with Gasteiger partial charge in [-0.05, 0) is 51.1 Å². The zero-order chi connectivity index (χ0) is 23.8. The van der Waals surface area contributed by atoms with Crippen LogP contribution in [-0.2, 0) is 29.3 Å². The molecule has 0 radical (unpaired) electrons. The molecule has 0 fully saturated rings. The minimum atomic E-state index is -4.48. The number of benzene rings is 1. The third-order valence-electron chi connectivity index (χ3n) is 3.77. The Balaban J connectivity index is 1.90. The van der Waals surface area contributed by atoms with Crippen LogP contribution in [0.25, 0.3) is 0 Å². The van der Waals surface area contributed by atoms with E-state index in [0.29, 0.717) is 17.7 Å². The van der Waals surface area contributed by atoms with Gasteiger partial charge in [0.25, 0.3) is 0 Å². The molecule has 0 aliphatic carbocycles. The number of carbonyl (C=O) groups is 1. The van der Waals surface area contributed by atoms with Crippen molar-refractivity contribution in [3.05, 3.63) is 48.2 Å². The van der Waals surface area contributed by atoms with Crippen molar-refractivity contribution in [1.82, 2.24) is 4.98 Å². The zero-order valence-electron chi connectivity index (χ0n) is 17.6. The summed E-state index contributed by atoms with van der Waals surface area (Å²) in [5.41, 5.74) is -0.881. The third-order valence-corrected chi connectivity index (χ3v) is 5.52. The van der Waals surface area contributed by atoms with Crippen molar-refractivity contribution in [3.63, 3.8) is 0 Å². The van der Waals surface area contributed by atoms with Gasteiger partial charge in [-0.15, -0.1) is 0 Å². The predicted molar refractivity (Wildman–Crippen MR) is 108 cm³/mol. The molecule has 1 heterocycles. The van der Waals surface area contributed by atoms with E-state index in [2.05, 4.69) is 4.98 Å². The van der Waals surface area contributed by atoms with Crippen LogP contribution in [0.3, 0.4) is 0 Å². The number of pyridine rings is 1. The Hall–Kier alpha value is -2.62. The maximum atomic E-state index is 12.6. The summed E-state index contributed by atoms with van der Waals surface area (Å²) in [6.07, 6.45) is -5.36. The number of esters is 1. The SMILES string of the molecule is CCOP(=O)(COC(=O)C(C)Oc1ccc(Oc2ccc(C(F)(F)F)cn2)cc1)OCC. The van der Waals surface area contributed by atoms with Gasteiger partial charge < -0.3 is 23.3 Å². The van der Waals surface area contributed by atoms with Crippen molar-refractivity contribution in [2.75, 3.05) is 19.6 Å². The lowest BCUT2D eigenvalue weighted by Gasteiger charge is -2.18. The van der Waals surface area contributed by atoms with Crippen LogP contribution >= 0.6 is 7.60 Å². The van der Waals surface area contributed by atoms with Crippen LogP contribution in [0.15, 0.2) is 42.6 Å². The molecule has 0 saturated heterocycles. The van der Waals surface area contributed by atoms with Gasteiger partial charge in [0.2, 0.25) is 5.88 Å². The zero-order valence-corrected chi connectivity index (χ0v) is 18.5. The Morgan fingerprint density at radius 1 is 1.03 bits per heavy atom. The molecule has 0 N–H and O–H groups in total. The van der Waals surface area contributed by atoms with E-state index in [0.717, 1.165) is 12.1 Å². The number of nitrogens with zero attached hydrogens (tertiary/aromatic N) is 1. The monoisotopic (exact) mass is 477 g/mol. The van der Waals surface area contributed by atoms with Crippen LogP contribution in [0.5, 0.6) is 17.4 Å². The third kappa shape index (κ3) is 7.81. The largest absolute Gasteiger partial charge is 0.479 e. The van der Waals surface area contributed by atoms with Gasteiger partial charge in [0.1, 0.15) is 11.5 Å².